The van der Waals surface area contributed by atoms with Crippen molar-refractivity contribution in [1.29, 1.82) is 0 Å². The van der Waals surface area contributed by atoms with E-state index < -0.39 is 0 Å². The molecule has 0 rings (SSSR count). The summed E-state index contributed by atoms with van der Waals surface area (Å²) < 4.78 is 25.8. The van der Waals surface area contributed by atoms with Crippen molar-refractivity contribution in [3.05, 3.63) is 0 Å². The molecule has 0 aliphatic carbocycles. The molecule has 0 aromatic rings. The lowest BCUT2D eigenvalue weighted by Crippen LogP contribution is -2.17. The van der Waals surface area contributed by atoms with Crippen molar-refractivity contribution in [2.75, 3.05) is 40.6 Å². The molecule has 0 radical (unpaired) electrons. The minimum atomic E-state index is -0.255. The maximum Gasteiger partial charge on any atom is 0.305 e. The molecule has 0 aromatic heterocycles. The van der Waals surface area contributed by atoms with Crippen molar-refractivity contribution < 1.29 is 33.3 Å². The highest BCUT2D eigenvalue weighted by molar-refractivity contribution is 5.69. The summed E-state index contributed by atoms with van der Waals surface area (Å²) >= 11 is 0. The van der Waals surface area contributed by atoms with Crippen LogP contribution in [0.2, 0.25) is 0 Å². The largest absolute Gasteiger partial charge is 0.463 e. The van der Waals surface area contributed by atoms with Gasteiger partial charge in [0.1, 0.15) is 13.2 Å². The maximum atomic E-state index is 11.5. The van der Waals surface area contributed by atoms with Gasteiger partial charge in [-0.1, -0.05) is 13.8 Å². The van der Waals surface area contributed by atoms with E-state index in [4.69, 9.17) is 23.7 Å². The summed E-state index contributed by atoms with van der Waals surface area (Å²) in [6, 6.07) is 0. The van der Waals surface area contributed by atoms with Gasteiger partial charge in [-0.3, -0.25) is 9.59 Å². The van der Waals surface area contributed by atoms with Crippen LogP contribution >= 0.6 is 0 Å². The lowest BCUT2D eigenvalue weighted by atomic mass is 10.1. The van der Waals surface area contributed by atoms with Crippen molar-refractivity contribution in [2.45, 2.75) is 64.6 Å². The molecule has 0 amide bonds. The Hall–Kier alpha value is -1.18. The molecule has 0 aliphatic heterocycles. The summed E-state index contributed by atoms with van der Waals surface area (Å²) in [5.74, 6) is -0.511. The average Bonchev–Trinajstić information content (AvgIpc) is 2.62. The number of hydrogen-bond acceptors (Lipinski definition) is 7. The Labute approximate surface area is 151 Å². The quantitative estimate of drug-likeness (QED) is 0.308. The van der Waals surface area contributed by atoms with Gasteiger partial charge in [0.2, 0.25) is 0 Å². The monoisotopic (exact) mass is 362 g/mol. The normalized spacial score (nSPS) is 13.3. The molecule has 7 nitrogen and oxygen atoms in total. The van der Waals surface area contributed by atoms with Crippen LogP contribution in [-0.4, -0.2) is 64.8 Å². The highest BCUT2D eigenvalue weighted by Crippen LogP contribution is 2.07. The molecule has 0 aromatic carbocycles. The van der Waals surface area contributed by atoms with Crippen molar-refractivity contribution in [3.8, 4) is 0 Å². The zero-order valence-electron chi connectivity index (χ0n) is 16.1. The Kier molecular flexibility index (Phi) is 15.5. The average molecular weight is 362 g/mol. The van der Waals surface area contributed by atoms with Crippen LogP contribution in [0.25, 0.3) is 0 Å². The molecule has 0 bridgehead atoms. The first-order valence-electron chi connectivity index (χ1n) is 9.01. The second kappa shape index (κ2) is 16.3. The molecule has 0 spiro atoms. The fourth-order valence-electron chi connectivity index (χ4n) is 2.21. The van der Waals surface area contributed by atoms with E-state index in [0.29, 0.717) is 25.7 Å². The third kappa shape index (κ3) is 13.8. The molecule has 0 heterocycles. The van der Waals surface area contributed by atoms with Gasteiger partial charge in [0.25, 0.3) is 0 Å². The molecule has 7 heteroatoms. The molecule has 0 aliphatic rings. The molecule has 148 valence electrons. The van der Waals surface area contributed by atoms with Gasteiger partial charge in [0.15, 0.2) is 0 Å². The molecule has 0 saturated heterocycles. The van der Waals surface area contributed by atoms with Crippen LogP contribution in [0.4, 0.5) is 0 Å². The van der Waals surface area contributed by atoms with E-state index in [1.54, 1.807) is 14.2 Å². The van der Waals surface area contributed by atoms with E-state index >= 15 is 0 Å². The Morgan fingerprint density at radius 3 is 1.44 bits per heavy atom. The molecular weight excluding hydrogens is 328 g/mol. The zero-order chi connectivity index (χ0) is 18.9. The van der Waals surface area contributed by atoms with Gasteiger partial charge in [-0.15, -0.1) is 0 Å². The van der Waals surface area contributed by atoms with Gasteiger partial charge >= 0.3 is 11.9 Å². The Morgan fingerprint density at radius 2 is 1.12 bits per heavy atom. The van der Waals surface area contributed by atoms with E-state index in [0.717, 1.165) is 12.8 Å². The lowest BCUT2D eigenvalue weighted by molar-refractivity contribution is -0.147. The predicted molar refractivity (Wildman–Crippen MR) is 93.4 cm³/mol. The van der Waals surface area contributed by atoms with E-state index in [1.165, 1.54) is 0 Å². The minimum Gasteiger partial charge on any atom is -0.463 e. The molecule has 0 fully saturated rings. The van der Waals surface area contributed by atoms with Crippen LogP contribution in [0, 0.1) is 0 Å². The number of ether oxygens (including phenoxy) is 5. The molecule has 2 atom stereocenters. The standard InChI is InChI=1S/C18H34O7/c1-5-15(21-3)7-9-17(19)24-13-11-23-12-14-25-18(20)10-8-16(6-2)22-4/h15-16H,5-14H2,1-4H3. The van der Waals surface area contributed by atoms with E-state index in [1.807, 2.05) is 13.8 Å². The molecule has 25 heavy (non-hydrogen) atoms. The second-order valence-electron chi connectivity index (χ2n) is 5.66. The van der Waals surface area contributed by atoms with Gasteiger partial charge in [-0.05, 0) is 25.7 Å². The van der Waals surface area contributed by atoms with E-state index in [-0.39, 0.29) is 50.6 Å². The van der Waals surface area contributed by atoms with Crippen LogP contribution in [0.1, 0.15) is 52.4 Å². The van der Waals surface area contributed by atoms with Crippen molar-refractivity contribution in [3.63, 3.8) is 0 Å². The van der Waals surface area contributed by atoms with Crippen LogP contribution in [0.15, 0.2) is 0 Å². The zero-order valence-corrected chi connectivity index (χ0v) is 16.1. The first kappa shape index (κ1) is 23.8. The summed E-state index contributed by atoms with van der Waals surface area (Å²) in [5.41, 5.74) is 0. The first-order chi connectivity index (χ1) is 12.1. The molecule has 0 N–H and O–H groups in total. The number of carbonyl (C=O) groups is 2. The van der Waals surface area contributed by atoms with Crippen LogP contribution in [0.5, 0.6) is 0 Å². The summed E-state index contributed by atoms with van der Waals surface area (Å²) in [6.45, 7) is 4.99. The van der Waals surface area contributed by atoms with Gasteiger partial charge < -0.3 is 23.7 Å². The van der Waals surface area contributed by atoms with Crippen molar-refractivity contribution in [2.24, 2.45) is 0 Å². The summed E-state index contributed by atoms with van der Waals surface area (Å²) in [5, 5.41) is 0. The van der Waals surface area contributed by atoms with Crippen LogP contribution < -0.4 is 0 Å². The fraction of sp³-hybridized carbons (Fsp3) is 0.889. The predicted octanol–water partition coefficient (Wildman–Crippen LogP) is 2.50. The topological polar surface area (TPSA) is 80.3 Å². The molecule has 0 saturated carbocycles. The molecular formula is C18H34O7. The van der Waals surface area contributed by atoms with Crippen LogP contribution in [-0.2, 0) is 33.3 Å². The molecule has 2 unspecified atom stereocenters. The fourth-order valence-corrected chi connectivity index (χ4v) is 2.21. The van der Waals surface area contributed by atoms with Crippen molar-refractivity contribution in [1.82, 2.24) is 0 Å². The van der Waals surface area contributed by atoms with Crippen LogP contribution in [0.3, 0.4) is 0 Å². The highest BCUT2D eigenvalue weighted by Gasteiger charge is 2.10. The van der Waals surface area contributed by atoms with E-state index in [2.05, 4.69) is 0 Å². The Balaban J connectivity index is 3.48. The smallest absolute Gasteiger partial charge is 0.305 e. The minimum absolute atomic E-state index is 0.0926. The maximum absolute atomic E-state index is 11.5. The van der Waals surface area contributed by atoms with Gasteiger partial charge in [0.05, 0.1) is 25.4 Å². The first-order valence-corrected chi connectivity index (χ1v) is 9.01. The van der Waals surface area contributed by atoms with Gasteiger partial charge in [0, 0.05) is 27.1 Å². The van der Waals surface area contributed by atoms with E-state index in [9.17, 15) is 9.59 Å². The van der Waals surface area contributed by atoms with Gasteiger partial charge in [-0.2, -0.15) is 0 Å². The number of esters is 2. The number of carbonyl (C=O) groups excluding carboxylic acids is 2. The summed E-state index contributed by atoms with van der Waals surface area (Å²) in [6.07, 6.45) is 3.92. The Bertz CT molecular complexity index is 306. The third-order valence-corrected chi connectivity index (χ3v) is 3.90. The number of rotatable bonds is 16. The Morgan fingerprint density at radius 1 is 0.720 bits per heavy atom. The summed E-state index contributed by atoms with van der Waals surface area (Å²) in [7, 11) is 3.28. The third-order valence-electron chi connectivity index (χ3n) is 3.90. The lowest BCUT2D eigenvalue weighted by Gasteiger charge is -2.12. The highest BCUT2D eigenvalue weighted by atomic mass is 16.6. The SMILES string of the molecule is CCC(CCC(=O)OCCOCCOC(=O)CCC(CC)OC)OC. The van der Waals surface area contributed by atoms with Crippen molar-refractivity contribution >= 4 is 11.9 Å². The summed E-state index contributed by atoms with van der Waals surface area (Å²) in [4.78, 5) is 23.0. The van der Waals surface area contributed by atoms with Gasteiger partial charge in [-0.25, -0.2) is 0 Å². The number of hydrogen-bond donors (Lipinski definition) is 0. The second-order valence-corrected chi connectivity index (χ2v) is 5.66. The number of methoxy groups -OCH3 is 2.